The van der Waals surface area contributed by atoms with Crippen LogP contribution in [0.15, 0.2) is 48.5 Å². The quantitative estimate of drug-likeness (QED) is 0.574. The second-order valence-corrected chi connectivity index (χ2v) is 6.43. The van der Waals surface area contributed by atoms with E-state index >= 15 is 0 Å². The van der Waals surface area contributed by atoms with Gasteiger partial charge in [-0.25, -0.2) is 9.69 Å². The van der Waals surface area contributed by atoms with Crippen LogP contribution in [0.1, 0.15) is 29.3 Å². The Balaban J connectivity index is 1.65. The third kappa shape index (κ3) is 4.20. The number of quaternary nitrogens is 1. The van der Waals surface area contributed by atoms with Crippen molar-refractivity contribution < 1.29 is 29.2 Å². The van der Waals surface area contributed by atoms with Crippen LogP contribution in [0.25, 0.3) is 0 Å². The van der Waals surface area contributed by atoms with Crippen LogP contribution in [0, 0.1) is 0 Å². The number of nitrogens with zero attached hydrogens (tertiary/aromatic N) is 1. The SMILES string of the molecule is CCOC(=O)c1ccc(N2C(=O)C[C@@H]([NH2+]Cc3ccc(OC)cc3)C2=O)cc1. The number of esters is 1. The highest BCUT2D eigenvalue weighted by Gasteiger charge is 2.42. The molecule has 1 atom stereocenters. The lowest BCUT2D eigenvalue weighted by atomic mass is 10.2. The van der Waals surface area contributed by atoms with Crippen molar-refractivity contribution in [3.8, 4) is 5.75 Å². The number of nitrogens with two attached hydrogens (primary N) is 1. The lowest BCUT2D eigenvalue weighted by Gasteiger charge is -2.14. The van der Waals surface area contributed by atoms with Crippen molar-refractivity contribution in [2.75, 3.05) is 18.6 Å². The monoisotopic (exact) mass is 383 g/mol. The first-order valence-corrected chi connectivity index (χ1v) is 9.13. The highest BCUT2D eigenvalue weighted by Crippen LogP contribution is 2.22. The van der Waals surface area contributed by atoms with Crippen LogP contribution < -0.4 is 15.0 Å². The maximum Gasteiger partial charge on any atom is 0.338 e. The number of benzene rings is 2. The van der Waals surface area contributed by atoms with E-state index in [2.05, 4.69) is 0 Å². The summed E-state index contributed by atoms with van der Waals surface area (Å²) in [6, 6.07) is 13.4. The van der Waals surface area contributed by atoms with Crippen molar-refractivity contribution >= 4 is 23.5 Å². The van der Waals surface area contributed by atoms with Gasteiger partial charge in [0.1, 0.15) is 12.3 Å². The summed E-state index contributed by atoms with van der Waals surface area (Å²) in [5.74, 6) is -0.153. The molecule has 0 bridgehead atoms. The van der Waals surface area contributed by atoms with Crippen LogP contribution in [-0.4, -0.2) is 37.5 Å². The normalized spacial score (nSPS) is 16.4. The fraction of sp³-hybridized carbons (Fsp3) is 0.286. The maximum absolute atomic E-state index is 12.7. The number of imide groups is 1. The van der Waals surface area contributed by atoms with Gasteiger partial charge in [-0.1, -0.05) is 0 Å². The molecule has 1 aliphatic rings. The molecule has 3 rings (SSSR count). The Labute approximate surface area is 163 Å². The van der Waals surface area contributed by atoms with Crippen LogP contribution in [0.4, 0.5) is 5.69 Å². The molecule has 1 fully saturated rings. The highest BCUT2D eigenvalue weighted by molar-refractivity contribution is 6.21. The molecule has 0 spiro atoms. The first-order chi connectivity index (χ1) is 13.5. The molecule has 2 aromatic rings. The van der Waals surface area contributed by atoms with E-state index < -0.39 is 12.0 Å². The van der Waals surface area contributed by atoms with Crippen LogP contribution >= 0.6 is 0 Å². The summed E-state index contributed by atoms with van der Waals surface area (Å²) >= 11 is 0. The molecule has 0 aromatic heterocycles. The number of anilines is 1. The van der Waals surface area contributed by atoms with Crippen LogP contribution in [0.3, 0.4) is 0 Å². The molecule has 7 heteroatoms. The zero-order chi connectivity index (χ0) is 20.1. The van der Waals surface area contributed by atoms with Gasteiger partial charge >= 0.3 is 5.97 Å². The van der Waals surface area contributed by atoms with E-state index in [-0.39, 0.29) is 24.8 Å². The van der Waals surface area contributed by atoms with Gasteiger partial charge in [0.2, 0.25) is 5.91 Å². The van der Waals surface area contributed by atoms with E-state index in [1.54, 1.807) is 38.3 Å². The third-order valence-electron chi connectivity index (χ3n) is 4.62. The van der Waals surface area contributed by atoms with Crippen LogP contribution in [0.2, 0.25) is 0 Å². The van der Waals surface area contributed by atoms with Crippen molar-refractivity contribution in [3.05, 3.63) is 59.7 Å². The molecular weight excluding hydrogens is 360 g/mol. The summed E-state index contributed by atoms with van der Waals surface area (Å²) in [6.45, 7) is 2.61. The minimum Gasteiger partial charge on any atom is -0.497 e. The number of carbonyl (C=O) groups is 3. The van der Waals surface area contributed by atoms with Gasteiger partial charge in [0.05, 0.1) is 31.4 Å². The second kappa shape index (κ2) is 8.67. The van der Waals surface area contributed by atoms with Crippen LogP contribution in [-0.2, 0) is 20.9 Å². The minimum absolute atomic E-state index is 0.147. The molecule has 7 nitrogen and oxygen atoms in total. The molecular formula is C21H23N2O5+. The molecule has 0 saturated carbocycles. The van der Waals surface area contributed by atoms with E-state index in [9.17, 15) is 14.4 Å². The van der Waals surface area contributed by atoms with Gasteiger partial charge < -0.3 is 14.8 Å². The van der Waals surface area contributed by atoms with Crippen LogP contribution in [0.5, 0.6) is 5.75 Å². The Kier molecular flexibility index (Phi) is 6.06. The predicted molar refractivity (Wildman–Crippen MR) is 102 cm³/mol. The number of carbonyl (C=O) groups excluding carboxylic acids is 3. The van der Waals surface area contributed by atoms with E-state index in [1.165, 1.54) is 4.90 Å². The number of hydrogen-bond donors (Lipinski definition) is 1. The lowest BCUT2D eigenvalue weighted by Crippen LogP contribution is -2.90. The van der Waals surface area contributed by atoms with E-state index in [4.69, 9.17) is 9.47 Å². The van der Waals surface area contributed by atoms with Crippen molar-refractivity contribution in [2.24, 2.45) is 0 Å². The molecule has 2 aromatic carbocycles. The molecule has 0 aliphatic carbocycles. The Hall–Kier alpha value is -3.19. The Morgan fingerprint density at radius 3 is 2.39 bits per heavy atom. The summed E-state index contributed by atoms with van der Waals surface area (Å²) in [6.07, 6.45) is 0.147. The van der Waals surface area contributed by atoms with Gasteiger partial charge in [0, 0.05) is 5.56 Å². The van der Waals surface area contributed by atoms with Gasteiger partial charge in [0.15, 0.2) is 6.04 Å². The highest BCUT2D eigenvalue weighted by atomic mass is 16.5. The van der Waals surface area contributed by atoms with Gasteiger partial charge in [-0.15, -0.1) is 0 Å². The number of ether oxygens (including phenoxy) is 2. The Morgan fingerprint density at radius 2 is 1.79 bits per heavy atom. The fourth-order valence-corrected chi connectivity index (χ4v) is 3.11. The van der Waals surface area contributed by atoms with Crippen molar-refractivity contribution in [3.63, 3.8) is 0 Å². The number of methoxy groups -OCH3 is 1. The minimum atomic E-state index is -0.459. The molecule has 1 saturated heterocycles. The summed E-state index contributed by atoms with van der Waals surface area (Å²) in [5.41, 5.74) is 1.88. The molecule has 0 radical (unpaired) electrons. The van der Waals surface area contributed by atoms with Gasteiger partial charge in [-0.05, 0) is 55.5 Å². The number of hydrogen-bond acceptors (Lipinski definition) is 5. The smallest absolute Gasteiger partial charge is 0.338 e. The van der Waals surface area contributed by atoms with E-state index in [0.29, 0.717) is 17.8 Å². The van der Waals surface area contributed by atoms with E-state index in [1.807, 2.05) is 29.6 Å². The topological polar surface area (TPSA) is 89.5 Å². The molecule has 1 aliphatic heterocycles. The fourth-order valence-electron chi connectivity index (χ4n) is 3.11. The standard InChI is InChI=1S/C21H22N2O5/c1-3-28-21(26)15-6-8-16(9-7-15)23-19(24)12-18(20(23)25)22-13-14-4-10-17(27-2)11-5-14/h4-11,18,22H,3,12-13H2,1-2H3/p+1/t18-/m1/s1. The molecule has 2 amide bonds. The first-order valence-electron chi connectivity index (χ1n) is 9.13. The largest absolute Gasteiger partial charge is 0.497 e. The second-order valence-electron chi connectivity index (χ2n) is 6.43. The first kappa shape index (κ1) is 19.6. The molecule has 0 unspecified atom stereocenters. The summed E-state index contributed by atoms with van der Waals surface area (Å²) in [4.78, 5) is 38.0. The Morgan fingerprint density at radius 1 is 1.11 bits per heavy atom. The van der Waals surface area contributed by atoms with Crippen molar-refractivity contribution in [2.45, 2.75) is 25.9 Å². The average molecular weight is 383 g/mol. The predicted octanol–water partition coefficient (Wildman–Crippen LogP) is 1.27. The number of rotatable bonds is 7. The zero-order valence-corrected chi connectivity index (χ0v) is 15.9. The van der Waals surface area contributed by atoms with Crippen molar-refractivity contribution in [1.29, 1.82) is 0 Å². The molecule has 1 heterocycles. The number of amides is 2. The third-order valence-corrected chi connectivity index (χ3v) is 4.62. The summed E-state index contributed by atoms with van der Waals surface area (Å²) < 4.78 is 10.1. The van der Waals surface area contributed by atoms with Crippen molar-refractivity contribution in [1.82, 2.24) is 0 Å². The van der Waals surface area contributed by atoms with Gasteiger partial charge in [0.25, 0.3) is 5.91 Å². The summed E-state index contributed by atoms with van der Waals surface area (Å²) in [5, 5.41) is 1.87. The Bertz CT molecular complexity index is 861. The molecule has 2 N–H and O–H groups in total. The maximum atomic E-state index is 12.7. The van der Waals surface area contributed by atoms with Gasteiger partial charge in [-0.3, -0.25) is 9.59 Å². The zero-order valence-electron chi connectivity index (χ0n) is 15.9. The lowest BCUT2D eigenvalue weighted by molar-refractivity contribution is -0.690. The molecule has 28 heavy (non-hydrogen) atoms. The summed E-state index contributed by atoms with van der Waals surface area (Å²) in [7, 11) is 1.61. The molecule has 146 valence electrons. The van der Waals surface area contributed by atoms with Gasteiger partial charge in [-0.2, -0.15) is 0 Å². The average Bonchev–Trinajstić information content (AvgIpc) is 3.00. The van der Waals surface area contributed by atoms with E-state index in [0.717, 1.165) is 11.3 Å².